The second-order valence-corrected chi connectivity index (χ2v) is 8.48. The Morgan fingerprint density at radius 3 is 2.65 bits per heavy atom. The van der Waals surface area contributed by atoms with Crippen molar-refractivity contribution in [3.05, 3.63) is 16.0 Å². The van der Waals surface area contributed by atoms with E-state index in [4.69, 9.17) is 0 Å². The minimum Gasteiger partial charge on any atom is -0.352 e. The molecule has 23 heavy (non-hydrogen) atoms. The van der Waals surface area contributed by atoms with Crippen molar-refractivity contribution in [2.45, 2.75) is 51.9 Å². The molecule has 124 valence electrons. The van der Waals surface area contributed by atoms with Gasteiger partial charge in [-0.25, -0.2) is 0 Å². The molecule has 0 spiro atoms. The van der Waals surface area contributed by atoms with Crippen LogP contribution in [0.5, 0.6) is 0 Å². The van der Waals surface area contributed by atoms with Crippen LogP contribution >= 0.6 is 11.3 Å². The zero-order chi connectivity index (χ0) is 16.0. The SMILES string of the molecule is C[C@@H]1C[C@@H]1C(=O)Nc1sc2c(c1C(=O)NCC1CC1)CCCC2. The lowest BCUT2D eigenvalue weighted by Crippen LogP contribution is -2.27. The van der Waals surface area contributed by atoms with Crippen molar-refractivity contribution in [2.75, 3.05) is 11.9 Å². The van der Waals surface area contributed by atoms with E-state index < -0.39 is 0 Å². The second-order valence-electron chi connectivity index (χ2n) is 7.38. The molecule has 5 heteroatoms. The third-order valence-corrected chi connectivity index (χ3v) is 6.54. The number of carbonyl (C=O) groups excluding carboxylic acids is 2. The molecule has 0 bridgehead atoms. The summed E-state index contributed by atoms with van der Waals surface area (Å²) in [6.45, 7) is 2.88. The van der Waals surface area contributed by atoms with Gasteiger partial charge in [-0.3, -0.25) is 9.59 Å². The first kappa shape index (κ1) is 15.2. The minimum atomic E-state index is 0.00967. The van der Waals surface area contributed by atoms with E-state index in [0.29, 0.717) is 11.8 Å². The summed E-state index contributed by atoms with van der Waals surface area (Å²) in [5, 5.41) is 6.93. The van der Waals surface area contributed by atoms with E-state index >= 15 is 0 Å². The number of amides is 2. The van der Waals surface area contributed by atoms with Gasteiger partial charge < -0.3 is 10.6 Å². The lowest BCUT2D eigenvalue weighted by atomic mass is 9.95. The molecule has 4 nitrogen and oxygen atoms in total. The molecule has 0 unspecified atom stereocenters. The quantitative estimate of drug-likeness (QED) is 0.868. The number of fused-ring (bicyclic) bond motifs is 1. The van der Waals surface area contributed by atoms with Crippen LogP contribution in [-0.2, 0) is 17.6 Å². The predicted molar refractivity (Wildman–Crippen MR) is 91.9 cm³/mol. The van der Waals surface area contributed by atoms with Crippen LogP contribution in [0.3, 0.4) is 0 Å². The summed E-state index contributed by atoms with van der Waals surface area (Å²) in [6.07, 6.45) is 7.76. The molecule has 1 aromatic heterocycles. The van der Waals surface area contributed by atoms with E-state index in [2.05, 4.69) is 17.6 Å². The van der Waals surface area contributed by atoms with Crippen molar-refractivity contribution in [1.82, 2.24) is 5.32 Å². The summed E-state index contributed by atoms with van der Waals surface area (Å²) >= 11 is 1.62. The molecule has 2 atom stereocenters. The van der Waals surface area contributed by atoms with Crippen LogP contribution in [-0.4, -0.2) is 18.4 Å². The van der Waals surface area contributed by atoms with Crippen LogP contribution in [0.25, 0.3) is 0 Å². The Balaban J connectivity index is 1.56. The van der Waals surface area contributed by atoms with Crippen molar-refractivity contribution in [3.63, 3.8) is 0 Å². The molecule has 4 rings (SSSR count). The smallest absolute Gasteiger partial charge is 0.254 e. The first-order chi connectivity index (χ1) is 11.1. The number of nitrogens with one attached hydrogen (secondary N) is 2. The Hall–Kier alpha value is -1.36. The van der Waals surface area contributed by atoms with Gasteiger partial charge in [0.15, 0.2) is 0 Å². The highest BCUT2D eigenvalue weighted by Crippen LogP contribution is 2.42. The van der Waals surface area contributed by atoms with Crippen molar-refractivity contribution < 1.29 is 9.59 Å². The highest BCUT2D eigenvalue weighted by Gasteiger charge is 2.40. The topological polar surface area (TPSA) is 58.2 Å². The highest BCUT2D eigenvalue weighted by molar-refractivity contribution is 7.17. The van der Waals surface area contributed by atoms with Gasteiger partial charge in [-0.05, 0) is 62.3 Å². The average Bonchev–Trinajstić information content (AvgIpc) is 3.44. The molecule has 0 aliphatic heterocycles. The zero-order valence-corrected chi connectivity index (χ0v) is 14.4. The summed E-state index contributed by atoms with van der Waals surface area (Å²) in [5.41, 5.74) is 1.95. The third kappa shape index (κ3) is 3.16. The maximum Gasteiger partial charge on any atom is 0.254 e. The Morgan fingerprint density at radius 1 is 1.22 bits per heavy atom. The number of hydrogen-bond acceptors (Lipinski definition) is 3. The van der Waals surface area contributed by atoms with Crippen LogP contribution in [0.2, 0.25) is 0 Å². The largest absolute Gasteiger partial charge is 0.352 e. The standard InChI is InChI=1S/C18H24N2O2S/c1-10-8-13(10)16(21)20-18-15(17(22)19-9-11-6-7-11)12-4-2-3-5-14(12)23-18/h10-11,13H,2-9H2,1H3,(H,19,22)(H,20,21)/t10-,13+/m1/s1. The molecule has 3 aliphatic carbocycles. The van der Waals surface area contributed by atoms with Gasteiger partial charge in [-0.15, -0.1) is 11.3 Å². The molecule has 1 heterocycles. The average molecular weight is 332 g/mol. The fourth-order valence-corrected chi connectivity index (χ4v) is 4.72. The van der Waals surface area contributed by atoms with Gasteiger partial charge in [-0.1, -0.05) is 6.92 Å². The zero-order valence-electron chi connectivity index (χ0n) is 13.6. The number of anilines is 1. The van der Waals surface area contributed by atoms with E-state index in [0.717, 1.165) is 42.8 Å². The minimum absolute atomic E-state index is 0.00967. The molecular weight excluding hydrogens is 308 g/mol. The van der Waals surface area contributed by atoms with Gasteiger partial charge in [0.25, 0.3) is 5.91 Å². The van der Waals surface area contributed by atoms with Crippen LogP contribution in [0.4, 0.5) is 5.00 Å². The fraction of sp³-hybridized carbons (Fsp3) is 0.667. The molecule has 3 aliphatic rings. The van der Waals surface area contributed by atoms with Crippen LogP contribution < -0.4 is 10.6 Å². The van der Waals surface area contributed by atoms with Crippen LogP contribution in [0, 0.1) is 17.8 Å². The molecule has 2 amide bonds. The number of carbonyl (C=O) groups is 2. The number of thiophene rings is 1. The first-order valence-electron chi connectivity index (χ1n) is 8.87. The maximum atomic E-state index is 12.7. The number of aryl methyl sites for hydroxylation is 1. The summed E-state index contributed by atoms with van der Waals surface area (Å²) in [4.78, 5) is 26.3. The second kappa shape index (κ2) is 5.93. The monoisotopic (exact) mass is 332 g/mol. The van der Waals surface area contributed by atoms with Gasteiger partial charge in [0.1, 0.15) is 5.00 Å². The summed E-state index contributed by atoms with van der Waals surface area (Å²) < 4.78 is 0. The molecular formula is C18H24N2O2S. The molecule has 0 saturated heterocycles. The van der Waals surface area contributed by atoms with Crippen molar-refractivity contribution in [2.24, 2.45) is 17.8 Å². The summed E-state index contributed by atoms with van der Waals surface area (Å²) in [7, 11) is 0. The van der Waals surface area contributed by atoms with Gasteiger partial charge in [0.05, 0.1) is 5.56 Å². The van der Waals surface area contributed by atoms with E-state index in [1.165, 1.54) is 29.7 Å². The van der Waals surface area contributed by atoms with Crippen molar-refractivity contribution in [3.8, 4) is 0 Å². The third-order valence-electron chi connectivity index (χ3n) is 5.33. The highest BCUT2D eigenvalue weighted by atomic mass is 32.1. The molecule has 2 fully saturated rings. The first-order valence-corrected chi connectivity index (χ1v) is 9.68. The Labute approximate surface area is 141 Å². The van der Waals surface area contributed by atoms with Crippen LogP contribution in [0.1, 0.15) is 59.8 Å². The van der Waals surface area contributed by atoms with Crippen molar-refractivity contribution in [1.29, 1.82) is 0 Å². The van der Waals surface area contributed by atoms with E-state index in [-0.39, 0.29) is 17.7 Å². The number of hydrogen-bond donors (Lipinski definition) is 2. The van der Waals surface area contributed by atoms with Gasteiger partial charge in [0, 0.05) is 17.3 Å². The Bertz CT molecular complexity index is 648. The van der Waals surface area contributed by atoms with Gasteiger partial charge in [0.2, 0.25) is 5.91 Å². The van der Waals surface area contributed by atoms with Gasteiger partial charge >= 0.3 is 0 Å². The van der Waals surface area contributed by atoms with Crippen molar-refractivity contribution >= 4 is 28.2 Å². The number of rotatable bonds is 5. The summed E-state index contributed by atoms with van der Waals surface area (Å²) in [5.74, 6) is 1.38. The Kier molecular flexibility index (Phi) is 3.92. The maximum absolute atomic E-state index is 12.7. The molecule has 2 N–H and O–H groups in total. The molecule has 0 aromatic carbocycles. The lowest BCUT2D eigenvalue weighted by Gasteiger charge is -2.13. The summed E-state index contributed by atoms with van der Waals surface area (Å²) in [6, 6.07) is 0. The normalized spacial score (nSPS) is 25.6. The van der Waals surface area contributed by atoms with E-state index in [9.17, 15) is 9.59 Å². The molecule has 0 radical (unpaired) electrons. The van der Waals surface area contributed by atoms with Gasteiger partial charge in [-0.2, -0.15) is 0 Å². The predicted octanol–water partition coefficient (Wildman–Crippen LogP) is 3.36. The molecule has 1 aromatic rings. The fourth-order valence-electron chi connectivity index (χ4n) is 3.43. The molecule has 2 saturated carbocycles. The van der Waals surface area contributed by atoms with E-state index in [1.54, 1.807) is 11.3 Å². The Morgan fingerprint density at radius 2 is 1.96 bits per heavy atom. The van der Waals surface area contributed by atoms with Crippen LogP contribution in [0.15, 0.2) is 0 Å². The van der Waals surface area contributed by atoms with E-state index in [1.807, 2.05) is 0 Å². The lowest BCUT2D eigenvalue weighted by molar-refractivity contribution is -0.117.